The minimum absolute atomic E-state index is 0.134. The normalized spacial score (nSPS) is 10.7. The van der Waals surface area contributed by atoms with Crippen molar-refractivity contribution in [2.24, 2.45) is 5.92 Å². The summed E-state index contributed by atoms with van der Waals surface area (Å²) in [6, 6.07) is 13.1. The van der Waals surface area contributed by atoms with Gasteiger partial charge in [0.2, 0.25) is 0 Å². The van der Waals surface area contributed by atoms with Crippen LogP contribution in [0.2, 0.25) is 0 Å². The maximum atomic E-state index is 12.3. The molecule has 122 valence electrons. The molecule has 0 aliphatic heterocycles. The zero-order valence-electron chi connectivity index (χ0n) is 13.7. The van der Waals surface area contributed by atoms with Crippen LogP contribution in [-0.2, 0) is 0 Å². The monoisotopic (exact) mass is 375 g/mol. The second-order valence-corrected chi connectivity index (χ2v) is 6.85. The SMILES string of the molecule is Cc1cccc(NC(=O)c2ccc(OCCC(C)C)c(Br)c2)c1. The first-order valence-corrected chi connectivity index (χ1v) is 8.55. The number of halogens is 1. The molecule has 3 nitrogen and oxygen atoms in total. The van der Waals surface area contributed by atoms with Gasteiger partial charge in [0.05, 0.1) is 11.1 Å². The highest BCUT2D eigenvalue weighted by Crippen LogP contribution is 2.27. The molecule has 0 saturated heterocycles. The van der Waals surface area contributed by atoms with Crippen molar-refractivity contribution in [1.29, 1.82) is 0 Å². The molecule has 0 unspecified atom stereocenters. The van der Waals surface area contributed by atoms with Crippen LogP contribution in [0.1, 0.15) is 36.2 Å². The first kappa shape index (κ1) is 17.5. The second-order valence-electron chi connectivity index (χ2n) is 6.00. The highest BCUT2D eigenvalue weighted by atomic mass is 79.9. The molecule has 2 aromatic carbocycles. The molecule has 0 bridgehead atoms. The number of hydrogen-bond acceptors (Lipinski definition) is 2. The van der Waals surface area contributed by atoms with Gasteiger partial charge < -0.3 is 10.1 Å². The first-order chi connectivity index (χ1) is 11.0. The van der Waals surface area contributed by atoms with Gasteiger partial charge in [0, 0.05) is 11.3 Å². The Bertz CT molecular complexity index is 683. The smallest absolute Gasteiger partial charge is 0.255 e. The third-order valence-electron chi connectivity index (χ3n) is 3.42. The first-order valence-electron chi connectivity index (χ1n) is 7.76. The molecule has 0 saturated carbocycles. The third kappa shape index (κ3) is 5.39. The quantitative estimate of drug-likeness (QED) is 0.730. The van der Waals surface area contributed by atoms with E-state index in [-0.39, 0.29) is 5.91 Å². The number of aryl methyl sites for hydroxylation is 1. The van der Waals surface area contributed by atoms with Crippen LogP contribution in [0.15, 0.2) is 46.9 Å². The van der Waals surface area contributed by atoms with E-state index in [0.717, 1.165) is 27.9 Å². The van der Waals surface area contributed by atoms with Gasteiger partial charge in [0.25, 0.3) is 5.91 Å². The van der Waals surface area contributed by atoms with Gasteiger partial charge >= 0.3 is 0 Å². The van der Waals surface area contributed by atoms with Crippen molar-refractivity contribution in [3.8, 4) is 5.75 Å². The van der Waals surface area contributed by atoms with Crippen LogP contribution in [0.3, 0.4) is 0 Å². The highest BCUT2D eigenvalue weighted by Gasteiger charge is 2.10. The average Bonchev–Trinajstić information content (AvgIpc) is 2.48. The topological polar surface area (TPSA) is 38.3 Å². The lowest BCUT2D eigenvalue weighted by atomic mass is 10.1. The van der Waals surface area contributed by atoms with Gasteiger partial charge in [-0.05, 0) is 71.1 Å². The van der Waals surface area contributed by atoms with Crippen molar-refractivity contribution in [3.05, 3.63) is 58.1 Å². The molecular formula is C19H22BrNO2. The fourth-order valence-electron chi connectivity index (χ4n) is 2.09. The van der Waals surface area contributed by atoms with Crippen molar-refractivity contribution in [2.75, 3.05) is 11.9 Å². The summed E-state index contributed by atoms with van der Waals surface area (Å²) in [5.74, 6) is 1.23. The van der Waals surface area contributed by atoms with Crippen LogP contribution >= 0.6 is 15.9 Å². The zero-order valence-corrected chi connectivity index (χ0v) is 15.3. The molecule has 2 rings (SSSR count). The van der Waals surface area contributed by atoms with E-state index in [1.165, 1.54) is 0 Å². The molecule has 2 aromatic rings. The Balaban J connectivity index is 2.02. The number of nitrogens with one attached hydrogen (secondary N) is 1. The van der Waals surface area contributed by atoms with Crippen LogP contribution in [0.5, 0.6) is 5.75 Å². The predicted octanol–water partition coefficient (Wildman–Crippen LogP) is 5.43. The Labute approximate surface area is 146 Å². The Morgan fingerprint density at radius 2 is 2.00 bits per heavy atom. The molecule has 0 aliphatic rings. The van der Waals surface area contributed by atoms with Crippen LogP contribution in [0.4, 0.5) is 5.69 Å². The molecule has 0 aliphatic carbocycles. The number of rotatable bonds is 6. The maximum absolute atomic E-state index is 12.3. The minimum Gasteiger partial charge on any atom is -0.492 e. The van der Waals surface area contributed by atoms with Crippen molar-refractivity contribution in [1.82, 2.24) is 0 Å². The second kappa shape index (κ2) is 8.16. The molecule has 0 aromatic heterocycles. The fourth-order valence-corrected chi connectivity index (χ4v) is 2.58. The van der Waals surface area contributed by atoms with E-state index >= 15 is 0 Å². The molecule has 0 fully saturated rings. The third-order valence-corrected chi connectivity index (χ3v) is 4.04. The van der Waals surface area contributed by atoms with Crippen LogP contribution in [0, 0.1) is 12.8 Å². The van der Waals surface area contributed by atoms with E-state index in [9.17, 15) is 4.79 Å². The maximum Gasteiger partial charge on any atom is 0.255 e. The van der Waals surface area contributed by atoms with E-state index in [4.69, 9.17) is 4.74 Å². The number of ether oxygens (including phenoxy) is 1. The highest BCUT2D eigenvalue weighted by molar-refractivity contribution is 9.10. The number of carbonyl (C=O) groups is 1. The number of benzene rings is 2. The van der Waals surface area contributed by atoms with Crippen LogP contribution < -0.4 is 10.1 Å². The van der Waals surface area contributed by atoms with E-state index in [2.05, 4.69) is 35.1 Å². The minimum atomic E-state index is -0.134. The summed E-state index contributed by atoms with van der Waals surface area (Å²) < 4.78 is 6.53. The molecule has 1 N–H and O–H groups in total. The summed E-state index contributed by atoms with van der Waals surface area (Å²) in [4.78, 5) is 12.3. The Kier molecular flexibility index (Phi) is 6.22. The van der Waals surface area contributed by atoms with Gasteiger partial charge in [-0.25, -0.2) is 0 Å². The van der Waals surface area contributed by atoms with Gasteiger partial charge in [-0.15, -0.1) is 0 Å². The number of hydrogen-bond donors (Lipinski definition) is 1. The average molecular weight is 376 g/mol. The van der Waals surface area contributed by atoms with Crippen molar-refractivity contribution in [3.63, 3.8) is 0 Å². The summed E-state index contributed by atoms with van der Waals surface area (Å²) >= 11 is 3.47. The molecule has 0 radical (unpaired) electrons. The van der Waals surface area contributed by atoms with E-state index in [1.807, 2.05) is 37.3 Å². The van der Waals surface area contributed by atoms with Crippen LogP contribution in [0.25, 0.3) is 0 Å². The zero-order chi connectivity index (χ0) is 16.8. The predicted molar refractivity (Wildman–Crippen MR) is 98.2 cm³/mol. The summed E-state index contributed by atoms with van der Waals surface area (Å²) in [5, 5.41) is 2.90. The van der Waals surface area contributed by atoms with Gasteiger partial charge in [0.1, 0.15) is 5.75 Å². The largest absolute Gasteiger partial charge is 0.492 e. The van der Waals surface area contributed by atoms with Gasteiger partial charge in [0.15, 0.2) is 0 Å². The summed E-state index contributed by atoms with van der Waals surface area (Å²) in [6.07, 6.45) is 1.00. The summed E-state index contributed by atoms with van der Waals surface area (Å²) in [6.45, 7) is 6.99. The van der Waals surface area contributed by atoms with Gasteiger partial charge in [-0.2, -0.15) is 0 Å². The standard InChI is InChI=1S/C19H22BrNO2/c1-13(2)9-10-23-18-8-7-15(12-17(18)20)19(22)21-16-6-4-5-14(3)11-16/h4-8,11-13H,9-10H2,1-3H3,(H,21,22). The van der Waals surface area contributed by atoms with Crippen molar-refractivity contribution >= 4 is 27.5 Å². The molecule has 23 heavy (non-hydrogen) atoms. The van der Waals surface area contributed by atoms with Crippen molar-refractivity contribution < 1.29 is 9.53 Å². The lowest BCUT2D eigenvalue weighted by Crippen LogP contribution is -2.12. The Hall–Kier alpha value is -1.81. The molecule has 0 spiro atoms. The Morgan fingerprint density at radius 3 is 2.65 bits per heavy atom. The molecule has 0 heterocycles. The number of amides is 1. The van der Waals surface area contributed by atoms with Gasteiger partial charge in [-0.1, -0.05) is 26.0 Å². The van der Waals surface area contributed by atoms with E-state index < -0.39 is 0 Å². The molecule has 4 heteroatoms. The fraction of sp³-hybridized carbons (Fsp3) is 0.316. The van der Waals surface area contributed by atoms with Gasteiger partial charge in [-0.3, -0.25) is 4.79 Å². The lowest BCUT2D eigenvalue weighted by Gasteiger charge is -2.11. The number of anilines is 1. The Morgan fingerprint density at radius 1 is 1.22 bits per heavy atom. The molecule has 0 atom stereocenters. The van der Waals surface area contributed by atoms with E-state index in [1.54, 1.807) is 12.1 Å². The summed E-state index contributed by atoms with van der Waals surface area (Å²) in [5.41, 5.74) is 2.50. The lowest BCUT2D eigenvalue weighted by molar-refractivity contribution is 0.102. The van der Waals surface area contributed by atoms with E-state index in [0.29, 0.717) is 18.1 Å². The molecule has 1 amide bonds. The van der Waals surface area contributed by atoms with Crippen molar-refractivity contribution in [2.45, 2.75) is 27.2 Å². The van der Waals surface area contributed by atoms with Crippen LogP contribution in [-0.4, -0.2) is 12.5 Å². The number of carbonyl (C=O) groups excluding carboxylic acids is 1. The molecular weight excluding hydrogens is 354 g/mol. The summed E-state index contributed by atoms with van der Waals surface area (Å²) in [7, 11) is 0.